The molecular weight excluding hydrogens is 382 g/mol. The maximum atomic E-state index is 12.8. The number of aryl methyl sites for hydroxylation is 1. The van der Waals surface area contributed by atoms with Crippen LogP contribution < -0.4 is 9.91 Å². The predicted molar refractivity (Wildman–Crippen MR) is 110 cm³/mol. The maximum absolute atomic E-state index is 12.8. The van der Waals surface area contributed by atoms with Gasteiger partial charge in [-0.25, -0.2) is 9.80 Å². The van der Waals surface area contributed by atoms with Crippen LogP contribution in [0.3, 0.4) is 0 Å². The average molecular weight is 399 g/mol. The second kappa shape index (κ2) is 6.94. The third-order valence-electron chi connectivity index (χ3n) is 4.26. The fourth-order valence-corrected chi connectivity index (χ4v) is 5.74. The van der Waals surface area contributed by atoms with Gasteiger partial charge in [0, 0.05) is 5.69 Å². The van der Waals surface area contributed by atoms with Gasteiger partial charge in [0.05, 0.1) is 18.6 Å². The third kappa shape index (κ3) is 2.98. The van der Waals surface area contributed by atoms with E-state index in [1.807, 2.05) is 61.5 Å². The Morgan fingerprint density at radius 1 is 1.11 bits per heavy atom. The van der Waals surface area contributed by atoms with Crippen LogP contribution in [0.5, 0.6) is 0 Å². The molecular formula is C19H17N3O3S2. The van der Waals surface area contributed by atoms with Gasteiger partial charge in [-0.1, -0.05) is 47.7 Å². The molecule has 2 aromatic carbocycles. The van der Waals surface area contributed by atoms with E-state index in [2.05, 4.69) is 5.10 Å². The van der Waals surface area contributed by atoms with Crippen LogP contribution in [0, 0.1) is 6.92 Å². The zero-order chi connectivity index (χ0) is 19.0. The van der Waals surface area contributed by atoms with E-state index in [1.54, 1.807) is 9.91 Å². The van der Waals surface area contributed by atoms with E-state index in [0.717, 1.165) is 16.9 Å². The van der Waals surface area contributed by atoms with E-state index in [9.17, 15) is 9.59 Å². The van der Waals surface area contributed by atoms with Crippen molar-refractivity contribution < 1.29 is 14.3 Å². The van der Waals surface area contributed by atoms with Crippen molar-refractivity contribution in [3.8, 4) is 0 Å². The monoisotopic (exact) mass is 399 g/mol. The number of benzene rings is 2. The molecule has 2 aromatic rings. The van der Waals surface area contributed by atoms with Crippen molar-refractivity contribution in [2.24, 2.45) is 5.10 Å². The lowest BCUT2D eigenvalue weighted by molar-refractivity contribution is -0.132. The highest BCUT2D eigenvalue weighted by Crippen LogP contribution is 2.55. The number of ether oxygens (including phenoxy) is 1. The van der Waals surface area contributed by atoms with Crippen LogP contribution in [0.4, 0.5) is 11.4 Å². The summed E-state index contributed by atoms with van der Waals surface area (Å²) in [6.45, 7) is 2.01. The first-order valence-electron chi connectivity index (χ1n) is 8.30. The molecule has 4 rings (SSSR count). The minimum Gasteiger partial charge on any atom is -0.464 e. The highest BCUT2D eigenvalue weighted by atomic mass is 32.2. The summed E-state index contributed by atoms with van der Waals surface area (Å²) in [6, 6.07) is 17.3. The Kier molecular flexibility index (Phi) is 4.61. The second-order valence-corrected chi connectivity index (χ2v) is 8.61. The average Bonchev–Trinajstić information content (AvgIpc) is 3.23. The molecule has 2 aliphatic heterocycles. The van der Waals surface area contributed by atoms with E-state index in [1.165, 1.54) is 30.6 Å². The molecule has 0 bridgehead atoms. The summed E-state index contributed by atoms with van der Waals surface area (Å²) in [5.41, 5.74) is 2.68. The van der Waals surface area contributed by atoms with E-state index in [4.69, 9.17) is 4.74 Å². The maximum Gasteiger partial charge on any atom is 0.365 e. The highest BCUT2D eigenvalue weighted by molar-refractivity contribution is 8.28. The summed E-state index contributed by atoms with van der Waals surface area (Å²) in [4.78, 5) is 26.7. The van der Waals surface area contributed by atoms with Gasteiger partial charge < -0.3 is 4.74 Å². The van der Waals surface area contributed by atoms with Crippen LogP contribution in [0.1, 0.15) is 5.56 Å². The van der Waals surface area contributed by atoms with Crippen molar-refractivity contribution in [2.45, 2.75) is 11.3 Å². The largest absolute Gasteiger partial charge is 0.464 e. The summed E-state index contributed by atoms with van der Waals surface area (Å²) in [5, 5.41) is 6.49. The number of carbonyl (C=O) groups is 2. The Hall–Kier alpha value is -2.45. The first-order valence-corrected chi connectivity index (χ1v) is 10.1. The van der Waals surface area contributed by atoms with Gasteiger partial charge >= 0.3 is 5.97 Å². The lowest BCUT2D eigenvalue weighted by Gasteiger charge is -2.39. The van der Waals surface area contributed by atoms with Crippen molar-refractivity contribution in [1.29, 1.82) is 0 Å². The number of hydrogen-bond acceptors (Lipinski definition) is 7. The highest BCUT2D eigenvalue weighted by Gasteiger charge is 2.58. The summed E-state index contributed by atoms with van der Waals surface area (Å²) >= 11 is 2.68. The Morgan fingerprint density at radius 2 is 1.81 bits per heavy atom. The quantitative estimate of drug-likeness (QED) is 0.737. The number of hydrogen-bond donors (Lipinski definition) is 0. The Bertz CT molecular complexity index is 918. The van der Waals surface area contributed by atoms with Crippen LogP contribution in [-0.2, 0) is 14.3 Å². The summed E-state index contributed by atoms with van der Waals surface area (Å²) in [6.07, 6.45) is 0. The summed E-state index contributed by atoms with van der Waals surface area (Å²) in [7, 11) is 1.33. The van der Waals surface area contributed by atoms with Crippen molar-refractivity contribution in [1.82, 2.24) is 0 Å². The molecule has 0 saturated carbocycles. The van der Waals surface area contributed by atoms with E-state index in [0.29, 0.717) is 5.75 Å². The molecule has 0 aromatic heterocycles. The van der Waals surface area contributed by atoms with Gasteiger partial charge in [-0.2, -0.15) is 5.10 Å². The predicted octanol–water partition coefficient (Wildman–Crippen LogP) is 3.43. The van der Waals surface area contributed by atoms with Crippen molar-refractivity contribution >= 4 is 51.8 Å². The lowest BCUT2D eigenvalue weighted by Crippen LogP contribution is -2.51. The standard InChI is InChI=1S/C19H17N3O3S2/c1-13-8-10-15(11-9-13)22-19(27-17(20-22)18(24)25-2)21(16(23)12-26-19)14-6-4-3-5-7-14/h3-11H,12H2,1-2H3. The molecule has 1 spiro atoms. The molecule has 0 radical (unpaired) electrons. The Morgan fingerprint density at radius 3 is 2.48 bits per heavy atom. The third-order valence-corrected chi connectivity index (χ3v) is 7.05. The van der Waals surface area contributed by atoms with Crippen LogP contribution in [0.2, 0.25) is 0 Å². The minimum atomic E-state index is -0.906. The molecule has 138 valence electrons. The van der Waals surface area contributed by atoms with Crippen LogP contribution >= 0.6 is 23.5 Å². The van der Waals surface area contributed by atoms with Crippen molar-refractivity contribution in [3.05, 3.63) is 60.2 Å². The number of para-hydroxylation sites is 1. The van der Waals surface area contributed by atoms with Crippen molar-refractivity contribution in [3.63, 3.8) is 0 Å². The fraction of sp³-hybridized carbons (Fsp3) is 0.211. The number of nitrogens with zero attached hydrogens (tertiary/aromatic N) is 3. The number of thioether (sulfide) groups is 2. The molecule has 2 heterocycles. The second-order valence-electron chi connectivity index (χ2n) is 6.05. The normalized spacial score (nSPS) is 21.7. The van der Waals surface area contributed by atoms with Gasteiger partial charge in [-0.3, -0.25) is 9.69 Å². The zero-order valence-corrected chi connectivity index (χ0v) is 16.4. The SMILES string of the molecule is COC(=O)C1=NN(c2ccc(C)cc2)C2(SCC(=O)N2c2ccccc2)S1. The number of carbonyl (C=O) groups excluding carboxylic acids is 2. The number of rotatable bonds is 3. The smallest absolute Gasteiger partial charge is 0.365 e. The summed E-state index contributed by atoms with van der Waals surface area (Å²) < 4.78 is 3.97. The Labute approximate surface area is 165 Å². The molecule has 1 fully saturated rings. The van der Waals surface area contributed by atoms with Gasteiger partial charge in [0.2, 0.25) is 15.3 Å². The minimum absolute atomic E-state index is 0.0304. The molecule has 1 atom stereocenters. The van der Waals surface area contributed by atoms with Gasteiger partial charge in [-0.05, 0) is 43.0 Å². The molecule has 2 aliphatic rings. The zero-order valence-electron chi connectivity index (χ0n) is 14.8. The van der Waals surface area contributed by atoms with Gasteiger partial charge in [0.15, 0.2) is 0 Å². The van der Waals surface area contributed by atoms with Crippen LogP contribution in [0.25, 0.3) is 0 Å². The van der Waals surface area contributed by atoms with Gasteiger partial charge in [-0.15, -0.1) is 0 Å². The number of hydrazone groups is 1. The molecule has 0 N–H and O–H groups in total. The Balaban J connectivity index is 1.84. The number of esters is 1. The van der Waals surface area contributed by atoms with E-state index in [-0.39, 0.29) is 11.0 Å². The number of anilines is 2. The van der Waals surface area contributed by atoms with Crippen LogP contribution in [-0.4, -0.2) is 34.1 Å². The molecule has 27 heavy (non-hydrogen) atoms. The summed E-state index contributed by atoms with van der Waals surface area (Å²) in [5.74, 6) is -0.243. The first-order chi connectivity index (χ1) is 13.0. The van der Waals surface area contributed by atoms with Crippen molar-refractivity contribution in [2.75, 3.05) is 22.8 Å². The molecule has 8 heteroatoms. The molecule has 1 amide bonds. The first kappa shape index (κ1) is 17.9. The molecule has 6 nitrogen and oxygen atoms in total. The molecule has 0 aliphatic carbocycles. The fourth-order valence-electron chi connectivity index (χ4n) is 2.98. The topological polar surface area (TPSA) is 62.2 Å². The number of methoxy groups -OCH3 is 1. The number of amides is 1. The van der Waals surface area contributed by atoms with Crippen LogP contribution in [0.15, 0.2) is 59.7 Å². The molecule has 1 saturated heterocycles. The van der Waals surface area contributed by atoms with E-state index >= 15 is 0 Å². The van der Waals surface area contributed by atoms with E-state index < -0.39 is 10.3 Å². The molecule has 1 unspecified atom stereocenters. The van der Waals surface area contributed by atoms with Gasteiger partial charge in [0.25, 0.3) is 0 Å². The van der Waals surface area contributed by atoms with Gasteiger partial charge in [0.1, 0.15) is 0 Å². The lowest BCUT2D eigenvalue weighted by atomic mass is 10.2.